The molecule has 0 aromatic carbocycles. The van der Waals surface area contributed by atoms with Crippen molar-refractivity contribution in [1.82, 2.24) is 9.78 Å². The van der Waals surface area contributed by atoms with Crippen molar-refractivity contribution in [2.24, 2.45) is 7.05 Å². The van der Waals surface area contributed by atoms with E-state index in [0.29, 0.717) is 11.6 Å². The molecule has 0 spiro atoms. The summed E-state index contributed by atoms with van der Waals surface area (Å²) in [7, 11) is 1.79. The maximum Gasteiger partial charge on any atom is 0.409 e. The van der Waals surface area contributed by atoms with E-state index in [1.807, 2.05) is 0 Å². The van der Waals surface area contributed by atoms with E-state index in [1.165, 1.54) is 0 Å². The third kappa shape index (κ3) is 1.63. The summed E-state index contributed by atoms with van der Waals surface area (Å²) in [5.74, 6) is 0.461. The van der Waals surface area contributed by atoms with Crippen LogP contribution >= 0.6 is 0 Å². The molecule has 5 nitrogen and oxygen atoms in total. The van der Waals surface area contributed by atoms with Gasteiger partial charge >= 0.3 is 6.09 Å². The number of aryl methyl sites for hydroxylation is 1. The van der Waals surface area contributed by atoms with Crippen LogP contribution in [0, 0.1) is 0 Å². The number of hydrogen-bond donors (Lipinski definition) is 2. The minimum absolute atomic E-state index is 0.461. The molecule has 1 amide bonds. The maximum atomic E-state index is 10.4. The highest BCUT2D eigenvalue weighted by Crippen LogP contribution is 2.42. The van der Waals surface area contributed by atoms with Crippen molar-refractivity contribution in [1.29, 1.82) is 0 Å². The maximum absolute atomic E-state index is 10.4. The molecule has 1 aromatic heterocycles. The monoisotopic (exact) mass is 181 g/mol. The lowest BCUT2D eigenvalue weighted by Gasteiger charge is -1.97. The van der Waals surface area contributed by atoms with Gasteiger partial charge in [-0.25, -0.2) is 4.79 Å². The van der Waals surface area contributed by atoms with E-state index < -0.39 is 6.09 Å². The summed E-state index contributed by atoms with van der Waals surface area (Å²) in [5, 5.41) is 15.1. The Balaban J connectivity index is 2.25. The fraction of sp³-hybridized carbons (Fsp3) is 0.500. The Morgan fingerprint density at radius 1 is 1.77 bits per heavy atom. The lowest BCUT2D eigenvalue weighted by Crippen LogP contribution is -2.07. The van der Waals surface area contributed by atoms with Crippen molar-refractivity contribution in [2.45, 2.75) is 18.8 Å². The minimum Gasteiger partial charge on any atom is -0.465 e. The number of carbonyl (C=O) groups is 1. The number of nitrogens with one attached hydrogen (secondary N) is 1. The Morgan fingerprint density at radius 2 is 2.46 bits per heavy atom. The SMILES string of the molecule is Cn1cc(NC(=O)O)c(C2CC2)n1. The molecule has 1 aliphatic carbocycles. The standard InChI is InChI=1S/C8H11N3O2/c1-11-4-6(9-8(12)13)7(10-11)5-2-3-5/h4-5,9H,2-3H2,1H3,(H,12,13). The molecular weight excluding hydrogens is 170 g/mol. The molecular formula is C8H11N3O2. The zero-order chi connectivity index (χ0) is 9.42. The molecule has 1 aliphatic rings. The van der Waals surface area contributed by atoms with Crippen molar-refractivity contribution < 1.29 is 9.90 Å². The van der Waals surface area contributed by atoms with E-state index in [9.17, 15) is 4.79 Å². The van der Waals surface area contributed by atoms with Crippen molar-refractivity contribution in [2.75, 3.05) is 5.32 Å². The average Bonchev–Trinajstić information content (AvgIpc) is 2.77. The van der Waals surface area contributed by atoms with Gasteiger partial charge in [-0.1, -0.05) is 0 Å². The lowest BCUT2D eigenvalue weighted by atomic mass is 10.2. The number of rotatable bonds is 2. The molecule has 0 bridgehead atoms. The summed E-state index contributed by atoms with van der Waals surface area (Å²) in [4.78, 5) is 10.4. The summed E-state index contributed by atoms with van der Waals surface area (Å²) in [5.41, 5.74) is 1.50. The quantitative estimate of drug-likeness (QED) is 0.724. The second kappa shape index (κ2) is 2.76. The molecule has 0 atom stereocenters. The topological polar surface area (TPSA) is 67.2 Å². The first-order valence-corrected chi connectivity index (χ1v) is 4.20. The van der Waals surface area contributed by atoms with Crippen LogP contribution in [0.25, 0.3) is 0 Å². The predicted molar refractivity (Wildman–Crippen MR) is 46.8 cm³/mol. The first-order chi connectivity index (χ1) is 6.16. The Kier molecular flexibility index (Phi) is 1.72. The number of nitrogens with zero attached hydrogens (tertiary/aromatic N) is 2. The molecule has 2 N–H and O–H groups in total. The highest BCUT2D eigenvalue weighted by molar-refractivity contribution is 5.83. The van der Waals surface area contributed by atoms with Gasteiger partial charge in [0.15, 0.2) is 0 Å². The molecule has 70 valence electrons. The van der Waals surface area contributed by atoms with Crippen molar-refractivity contribution in [3.8, 4) is 0 Å². The van der Waals surface area contributed by atoms with Crippen LogP contribution in [0.2, 0.25) is 0 Å². The highest BCUT2D eigenvalue weighted by Gasteiger charge is 2.29. The van der Waals surface area contributed by atoms with Gasteiger partial charge in [0.2, 0.25) is 0 Å². The van der Waals surface area contributed by atoms with Gasteiger partial charge in [-0.2, -0.15) is 5.10 Å². The van der Waals surface area contributed by atoms with Crippen LogP contribution in [-0.4, -0.2) is 21.0 Å². The zero-order valence-electron chi connectivity index (χ0n) is 7.32. The Morgan fingerprint density at radius 3 is 3.00 bits per heavy atom. The van der Waals surface area contributed by atoms with E-state index in [2.05, 4.69) is 10.4 Å². The largest absolute Gasteiger partial charge is 0.465 e. The van der Waals surface area contributed by atoms with Crippen LogP contribution in [0.5, 0.6) is 0 Å². The fourth-order valence-corrected chi connectivity index (χ4v) is 1.38. The molecule has 0 aliphatic heterocycles. The van der Waals surface area contributed by atoms with Gasteiger partial charge in [-0.3, -0.25) is 10.00 Å². The second-order valence-corrected chi connectivity index (χ2v) is 3.31. The van der Waals surface area contributed by atoms with Gasteiger partial charge in [-0.15, -0.1) is 0 Å². The molecule has 2 rings (SSSR count). The molecule has 0 unspecified atom stereocenters. The van der Waals surface area contributed by atoms with Crippen LogP contribution in [-0.2, 0) is 7.05 Å². The van der Waals surface area contributed by atoms with Crippen LogP contribution < -0.4 is 5.32 Å². The number of amides is 1. The second-order valence-electron chi connectivity index (χ2n) is 3.31. The molecule has 1 saturated carbocycles. The van der Waals surface area contributed by atoms with E-state index >= 15 is 0 Å². The van der Waals surface area contributed by atoms with Gasteiger partial charge in [0, 0.05) is 19.2 Å². The van der Waals surface area contributed by atoms with E-state index in [0.717, 1.165) is 18.5 Å². The normalized spacial score (nSPS) is 15.8. The molecule has 1 heterocycles. The Labute approximate surface area is 75.4 Å². The lowest BCUT2D eigenvalue weighted by molar-refractivity contribution is 0.209. The Hall–Kier alpha value is -1.52. The smallest absolute Gasteiger partial charge is 0.409 e. The highest BCUT2D eigenvalue weighted by atomic mass is 16.4. The first kappa shape index (κ1) is 8.10. The molecule has 13 heavy (non-hydrogen) atoms. The van der Waals surface area contributed by atoms with Gasteiger partial charge in [0.1, 0.15) is 0 Å². The molecule has 0 saturated heterocycles. The van der Waals surface area contributed by atoms with E-state index in [4.69, 9.17) is 5.11 Å². The summed E-state index contributed by atoms with van der Waals surface area (Å²) < 4.78 is 1.64. The minimum atomic E-state index is -1.03. The molecule has 1 fully saturated rings. The van der Waals surface area contributed by atoms with Gasteiger partial charge in [0.25, 0.3) is 0 Å². The number of anilines is 1. The number of aromatic nitrogens is 2. The third-order valence-corrected chi connectivity index (χ3v) is 2.06. The van der Waals surface area contributed by atoms with Crippen molar-refractivity contribution in [3.63, 3.8) is 0 Å². The van der Waals surface area contributed by atoms with E-state index in [-0.39, 0.29) is 0 Å². The van der Waals surface area contributed by atoms with Crippen LogP contribution in [0.3, 0.4) is 0 Å². The van der Waals surface area contributed by atoms with Gasteiger partial charge < -0.3 is 5.11 Å². The molecule has 0 radical (unpaired) electrons. The number of carboxylic acid groups (broad SMARTS) is 1. The molecule has 1 aromatic rings. The van der Waals surface area contributed by atoms with Gasteiger partial charge in [0.05, 0.1) is 11.4 Å². The molecule has 5 heteroatoms. The first-order valence-electron chi connectivity index (χ1n) is 4.20. The summed E-state index contributed by atoms with van der Waals surface area (Å²) >= 11 is 0. The predicted octanol–water partition coefficient (Wildman–Crippen LogP) is 1.39. The summed E-state index contributed by atoms with van der Waals surface area (Å²) in [6.07, 6.45) is 2.90. The Bertz CT molecular complexity index is 341. The zero-order valence-corrected chi connectivity index (χ0v) is 7.32. The third-order valence-electron chi connectivity index (χ3n) is 2.06. The fourth-order valence-electron chi connectivity index (χ4n) is 1.38. The van der Waals surface area contributed by atoms with Crippen LogP contribution in [0.4, 0.5) is 10.5 Å². The van der Waals surface area contributed by atoms with Crippen LogP contribution in [0.1, 0.15) is 24.5 Å². The van der Waals surface area contributed by atoms with E-state index in [1.54, 1.807) is 17.9 Å². The summed E-state index contributed by atoms with van der Waals surface area (Å²) in [6, 6.07) is 0. The van der Waals surface area contributed by atoms with Crippen LogP contribution in [0.15, 0.2) is 6.20 Å². The summed E-state index contributed by atoms with van der Waals surface area (Å²) in [6.45, 7) is 0. The number of hydrogen-bond acceptors (Lipinski definition) is 2. The van der Waals surface area contributed by atoms with Gasteiger partial charge in [-0.05, 0) is 12.8 Å². The van der Waals surface area contributed by atoms with Crippen molar-refractivity contribution >= 4 is 11.8 Å². The van der Waals surface area contributed by atoms with Crippen molar-refractivity contribution in [3.05, 3.63) is 11.9 Å². The average molecular weight is 181 g/mol.